The number of fused-ring (bicyclic) bond motifs is 3. The molecule has 0 aromatic carbocycles. The zero-order valence-corrected chi connectivity index (χ0v) is 19.8. The molecule has 154 valence electrons. The van der Waals surface area contributed by atoms with Gasteiger partial charge in [-0.25, -0.2) is 0 Å². The van der Waals surface area contributed by atoms with Crippen molar-refractivity contribution in [3.8, 4) is 0 Å². The van der Waals surface area contributed by atoms with E-state index in [2.05, 4.69) is 60.0 Å². The van der Waals surface area contributed by atoms with Crippen LogP contribution >= 0.6 is 24.0 Å². The normalized spacial score (nSPS) is 25.7. The van der Waals surface area contributed by atoms with Crippen molar-refractivity contribution in [3.05, 3.63) is 0 Å². The summed E-state index contributed by atoms with van der Waals surface area (Å²) in [6.45, 7) is 21.3. The van der Waals surface area contributed by atoms with Gasteiger partial charge in [0.25, 0.3) is 0 Å². The lowest BCUT2D eigenvalue weighted by molar-refractivity contribution is 0.0174. The Morgan fingerprint density at radius 3 is 2.23 bits per heavy atom. The van der Waals surface area contributed by atoms with Crippen LogP contribution < -0.4 is 10.6 Å². The lowest BCUT2D eigenvalue weighted by atomic mass is 10.1. The first-order valence-electron chi connectivity index (χ1n) is 10.3. The summed E-state index contributed by atoms with van der Waals surface area (Å²) < 4.78 is 0. The summed E-state index contributed by atoms with van der Waals surface area (Å²) in [5.74, 6) is 0.973. The fourth-order valence-corrected chi connectivity index (χ4v) is 4.02. The van der Waals surface area contributed by atoms with E-state index in [1.807, 2.05) is 0 Å². The molecule has 3 aliphatic heterocycles. The highest BCUT2D eigenvalue weighted by molar-refractivity contribution is 14.0. The van der Waals surface area contributed by atoms with Crippen LogP contribution in [0.2, 0.25) is 0 Å². The smallest absolute Gasteiger partial charge is 0.191 e. The predicted molar refractivity (Wildman–Crippen MR) is 123 cm³/mol. The molecule has 2 N–H and O–H groups in total. The third kappa shape index (κ3) is 7.48. The minimum Gasteiger partial charge on any atom is -0.357 e. The zero-order chi connectivity index (χ0) is 18.2. The number of nitrogens with one attached hydrogen (secondary N) is 2. The summed E-state index contributed by atoms with van der Waals surface area (Å²) in [5.41, 5.74) is 0. The molecular formula is C19H41IN6. The van der Waals surface area contributed by atoms with Crippen molar-refractivity contribution >= 4 is 29.9 Å². The zero-order valence-electron chi connectivity index (χ0n) is 17.5. The van der Waals surface area contributed by atoms with Gasteiger partial charge in [-0.15, -0.1) is 24.0 Å². The number of hydrogen-bond acceptors (Lipinski definition) is 4. The topological polar surface area (TPSA) is 46.1 Å². The Balaban J connectivity index is 0.00000338. The second-order valence-electron chi connectivity index (χ2n) is 7.92. The summed E-state index contributed by atoms with van der Waals surface area (Å²) in [5, 5.41) is 6.91. The van der Waals surface area contributed by atoms with Gasteiger partial charge in [0.1, 0.15) is 0 Å². The first-order chi connectivity index (χ1) is 12.0. The summed E-state index contributed by atoms with van der Waals surface area (Å²) in [4.78, 5) is 12.6. The van der Waals surface area contributed by atoms with Crippen molar-refractivity contribution in [2.75, 3.05) is 58.9 Å². The van der Waals surface area contributed by atoms with Crippen LogP contribution in [0, 0.1) is 0 Å². The van der Waals surface area contributed by atoms with Crippen molar-refractivity contribution in [2.45, 2.75) is 59.2 Å². The number of aliphatic imine (C=N–C) groups is 1. The predicted octanol–water partition coefficient (Wildman–Crippen LogP) is 1.67. The Labute approximate surface area is 178 Å². The van der Waals surface area contributed by atoms with Gasteiger partial charge in [-0.3, -0.25) is 19.7 Å². The van der Waals surface area contributed by atoms with E-state index in [-0.39, 0.29) is 24.0 Å². The molecule has 0 aliphatic carbocycles. The standard InChI is InChI=1S/C19H40N6.HI/c1-6-20-19(21-8-7-9-25(16(2)3)17(4)5)22-14-18-15-23-10-12-24(18)13-11-23;/h16-18H,6-15H2,1-5H3,(H2,20,21,22);1H. The molecule has 6 nitrogen and oxygen atoms in total. The summed E-state index contributed by atoms with van der Waals surface area (Å²) in [6.07, 6.45) is 1.14. The van der Waals surface area contributed by atoms with Gasteiger partial charge in [-0.2, -0.15) is 0 Å². The van der Waals surface area contributed by atoms with E-state index in [0.717, 1.165) is 38.6 Å². The van der Waals surface area contributed by atoms with Crippen LogP contribution in [0.1, 0.15) is 41.0 Å². The number of rotatable bonds is 9. The van der Waals surface area contributed by atoms with Crippen LogP contribution in [-0.2, 0) is 0 Å². The number of piperazine rings is 3. The average molecular weight is 480 g/mol. The van der Waals surface area contributed by atoms with E-state index in [0.29, 0.717) is 18.1 Å². The molecule has 3 fully saturated rings. The van der Waals surface area contributed by atoms with Crippen LogP contribution in [0.25, 0.3) is 0 Å². The van der Waals surface area contributed by atoms with Gasteiger partial charge in [-0.05, 0) is 41.0 Å². The van der Waals surface area contributed by atoms with Gasteiger partial charge >= 0.3 is 0 Å². The van der Waals surface area contributed by atoms with E-state index in [1.165, 1.54) is 32.7 Å². The fourth-order valence-electron chi connectivity index (χ4n) is 4.02. The number of nitrogens with zero attached hydrogens (tertiary/aromatic N) is 4. The summed E-state index contributed by atoms with van der Waals surface area (Å²) >= 11 is 0. The molecule has 3 heterocycles. The van der Waals surface area contributed by atoms with Crippen molar-refractivity contribution in [1.82, 2.24) is 25.3 Å². The molecule has 2 bridgehead atoms. The molecule has 0 spiro atoms. The quantitative estimate of drug-likeness (QED) is 0.228. The molecule has 3 saturated heterocycles. The molecule has 0 aromatic heterocycles. The Hall–Kier alpha value is -0.120. The lowest BCUT2D eigenvalue weighted by Gasteiger charge is -2.47. The number of halogens is 1. The maximum Gasteiger partial charge on any atom is 0.191 e. The molecule has 0 amide bonds. The molecule has 0 aromatic rings. The van der Waals surface area contributed by atoms with Crippen LogP contribution in [0.4, 0.5) is 0 Å². The monoisotopic (exact) mass is 480 g/mol. The van der Waals surface area contributed by atoms with Crippen molar-refractivity contribution in [3.63, 3.8) is 0 Å². The average Bonchev–Trinajstić information content (AvgIpc) is 2.59. The lowest BCUT2D eigenvalue weighted by Crippen LogP contribution is -2.62. The fraction of sp³-hybridized carbons (Fsp3) is 0.947. The van der Waals surface area contributed by atoms with E-state index >= 15 is 0 Å². The SMILES string of the molecule is CCNC(=NCC1CN2CCN1CC2)NCCCN(C(C)C)C(C)C.I. The molecule has 26 heavy (non-hydrogen) atoms. The van der Waals surface area contributed by atoms with Crippen molar-refractivity contribution in [2.24, 2.45) is 4.99 Å². The molecule has 1 atom stereocenters. The van der Waals surface area contributed by atoms with Crippen molar-refractivity contribution < 1.29 is 0 Å². The van der Waals surface area contributed by atoms with Crippen LogP contribution in [0.3, 0.4) is 0 Å². The number of guanidine groups is 1. The van der Waals surface area contributed by atoms with E-state index in [1.54, 1.807) is 0 Å². The van der Waals surface area contributed by atoms with Gasteiger partial charge in [0.2, 0.25) is 0 Å². The second-order valence-corrected chi connectivity index (χ2v) is 7.92. The van der Waals surface area contributed by atoms with E-state index < -0.39 is 0 Å². The largest absolute Gasteiger partial charge is 0.357 e. The first-order valence-corrected chi connectivity index (χ1v) is 10.3. The van der Waals surface area contributed by atoms with Crippen LogP contribution in [-0.4, -0.2) is 97.7 Å². The Morgan fingerprint density at radius 2 is 1.73 bits per heavy atom. The molecule has 0 radical (unpaired) electrons. The highest BCUT2D eigenvalue weighted by atomic mass is 127. The second kappa shape index (κ2) is 12.4. The van der Waals surface area contributed by atoms with Gasteiger partial charge in [0, 0.05) is 70.5 Å². The Kier molecular flexibility index (Phi) is 11.4. The highest BCUT2D eigenvalue weighted by Crippen LogP contribution is 2.15. The molecule has 3 rings (SSSR count). The van der Waals surface area contributed by atoms with E-state index in [4.69, 9.17) is 4.99 Å². The van der Waals surface area contributed by atoms with Gasteiger partial charge in [0.15, 0.2) is 5.96 Å². The maximum atomic E-state index is 4.86. The van der Waals surface area contributed by atoms with Gasteiger partial charge in [-0.1, -0.05) is 0 Å². The molecular weight excluding hydrogens is 439 g/mol. The molecule has 3 aliphatic rings. The van der Waals surface area contributed by atoms with E-state index in [9.17, 15) is 0 Å². The Morgan fingerprint density at radius 1 is 1.08 bits per heavy atom. The van der Waals surface area contributed by atoms with Gasteiger partial charge < -0.3 is 10.6 Å². The summed E-state index contributed by atoms with van der Waals surface area (Å²) in [7, 11) is 0. The third-order valence-electron chi connectivity index (χ3n) is 5.41. The summed E-state index contributed by atoms with van der Waals surface area (Å²) in [6, 6.07) is 1.80. The van der Waals surface area contributed by atoms with Crippen molar-refractivity contribution in [1.29, 1.82) is 0 Å². The van der Waals surface area contributed by atoms with Gasteiger partial charge in [0.05, 0.1) is 6.54 Å². The van der Waals surface area contributed by atoms with Crippen LogP contribution in [0.15, 0.2) is 4.99 Å². The highest BCUT2D eigenvalue weighted by Gasteiger charge is 2.31. The molecule has 7 heteroatoms. The number of hydrogen-bond donors (Lipinski definition) is 2. The molecule has 1 unspecified atom stereocenters. The Bertz CT molecular complexity index is 399. The maximum absolute atomic E-state index is 4.86. The van der Waals surface area contributed by atoms with Crippen LogP contribution in [0.5, 0.6) is 0 Å². The first kappa shape index (κ1) is 23.9. The minimum absolute atomic E-state index is 0. The minimum atomic E-state index is 0. The third-order valence-corrected chi connectivity index (χ3v) is 5.41. The molecule has 0 saturated carbocycles.